The molecule has 6 heteroatoms. The van der Waals surface area contributed by atoms with Crippen molar-refractivity contribution in [2.24, 2.45) is 22.5 Å². The van der Waals surface area contributed by atoms with Crippen molar-refractivity contribution < 1.29 is 10.0 Å². The SMILES string of the molecule is NC(=O)C1CCN(/C(N)=N/O)CC1. The summed E-state index contributed by atoms with van der Waals surface area (Å²) in [4.78, 5) is 12.5. The molecule has 0 unspecified atom stereocenters. The lowest BCUT2D eigenvalue weighted by molar-refractivity contribution is -0.122. The topological polar surface area (TPSA) is 105 Å². The highest BCUT2D eigenvalue weighted by atomic mass is 16.4. The fraction of sp³-hybridized carbons (Fsp3) is 0.714. The van der Waals surface area contributed by atoms with Crippen LogP contribution in [0.25, 0.3) is 0 Å². The van der Waals surface area contributed by atoms with Crippen LogP contribution in [0.15, 0.2) is 5.16 Å². The Kier molecular flexibility index (Phi) is 2.94. The van der Waals surface area contributed by atoms with Crippen LogP contribution in [0, 0.1) is 5.92 Å². The Morgan fingerprint density at radius 1 is 1.38 bits per heavy atom. The second-order valence-corrected chi connectivity index (χ2v) is 3.12. The number of rotatable bonds is 1. The van der Waals surface area contributed by atoms with Crippen LogP contribution in [0.5, 0.6) is 0 Å². The molecule has 1 heterocycles. The molecule has 0 spiro atoms. The molecule has 0 atom stereocenters. The van der Waals surface area contributed by atoms with E-state index in [0.29, 0.717) is 25.9 Å². The number of likely N-dealkylation sites (tertiary alicyclic amines) is 1. The number of piperidine rings is 1. The maximum Gasteiger partial charge on any atom is 0.233 e. The summed E-state index contributed by atoms with van der Waals surface area (Å²) in [5.41, 5.74) is 10.5. The van der Waals surface area contributed by atoms with E-state index < -0.39 is 0 Å². The Bertz CT molecular complexity index is 221. The molecule has 74 valence electrons. The monoisotopic (exact) mass is 186 g/mol. The number of carbonyl (C=O) groups is 1. The molecule has 13 heavy (non-hydrogen) atoms. The molecule has 5 N–H and O–H groups in total. The van der Waals surface area contributed by atoms with Crippen LogP contribution in [0.2, 0.25) is 0 Å². The number of guanidine groups is 1. The average molecular weight is 186 g/mol. The number of hydrogen-bond donors (Lipinski definition) is 3. The van der Waals surface area contributed by atoms with E-state index in [2.05, 4.69) is 5.16 Å². The first kappa shape index (κ1) is 9.63. The number of nitrogens with zero attached hydrogens (tertiary/aromatic N) is 2. The Balaban J connectivity index is 2.43. The minimum atomic E-state index is -0.265. The van der Waals surface area contributed by atoms with E-state index in [-0.39, 0.29) is 17.8 Å². The van der Waals surface area contributed by atoms with Gasteiger partial charge < -0.3 is 21.6 Å². The predicted molar refractivity (Wildman–Crippen MR) is 46.9 cm³/mol. The van der Waals surface area contributed by atoms with Gasteiger partial charge in [0, 0.05) is 19.0 Å². The van der Waals surface area contributed by atoms with Crippen molar-refractivity contribution >= 4 is 11.9 Å². The van der Waals surface area contributed by atoms with Crippen molar-refractivity contribution in [3.05, 3.63) is 0 Å². The van der Waals surface area contributed by atoms with Crippen LogP contribution in [0.3, 0.4) is 0 Å². The van der Waals surface area contributed by atoms with Crippen molar-refractivity contribution in [1.29, 1.82) is 0 Å². The summed E-state index contributed by atoms with van der Waals surface area (Å²) < 4.78 is 0. The second-order valence-electron chi connectivity index (χ2n) is 3.12. The maximum atomic E-state index is 10.8. The Morgan fingerprint density at radius 2 is 1.92 bits per heavy atom. The van der Waals surface area contributed by atoms with Gasteiger partial charge in [0.1, 0.15) is 0 Å². The van der Waals surface area contributed by atoms with E-state index in [9.17, 15) is 4.79 Å². The molecule has 0 bridgehead atoms. The van der Waals surface area contributed by atoms with Crippen molar-refractivity contribution in [3.63, 3.8) is 0 Å². The molecule has 0 aliphatic carbocycles. The molecule has 6 nitrogen and oxygen atoms in total. The summed E-state index contributed by atoms with van der Waals surface area (Å²) in [6.07, 6.45) is 1.34. The van der Waals surface area contributed by atoms with Gasteiger partial charge in [0.05, 0.1) is 0 Å². The molecular formula is C7H14N4O2. The first-order valence-electron chi connectivity index (χ1n) is 4.17. The highest BCUT2D eigenvalue weighted by Gasteiger charge is 2.23. The van der Waals surface area contributed by atoms with Gasteiger partial charge in [0.15, 0.2) is 0 Å². The van der Waals surface area contributed by atoms with Gasteiger partial charge in [0.25, 0.3) is 0 Å². The third-order valence-corrected chi connectivity index (χ3v) is 2.32. The van der Waals surface area contributed by atoms with Crippen LogP contribution in [-0.2, 0) is 4.79 Å². The molecule has 0 aromatic carbocycles. The van der Waals surface area contributed by atoms with Gasteiger partial charge in [-0.25, -0.2) is 0 Å². The Morgan fingerprint density at radius 3 is 2.31 bits per heavy atom. The van der Waals surface area contributed by atoms with Crippen LogP contribution in [0.1, 0.15) is 12.8 Å². The minimum Gasteiger partial charge on any atom is -0.408 e. The van der Waals surface area contributed by atoms with Gasteiger partial charge in [-0.3, -0.25) is 4.79 Å². The highest BCUT2D eigenvalue weighted by Crippen LogP contribution is 2.15. The summed E-state index contributed by atoms with van der Waals surface area (Å²) in [5, 5.41) is 11.3. The van der Waals surface area contributed by atoms with Gasteiger partial charge in [0.2, 0.25) is 11.9 Å². The molecular weight excluding hydrogens is 172 g/mol. The standard InChI is InChI=1S/C7H14N4O2/c8-6(12)5-1-3-11(4-2-5)7(9)10-13/h5,13H,1-4H2,(H2,8,12)(H2,9,10). The number of carbonyl (C=O) groups excluding carboxylic acids is 1. The molecule has 0 aromatic rings. The molecule has 1 aliphatic heterocycles. The number of hydrogen-bond acceptors (Lipinski definition) is 3. The number of primary amides is 1. The molecule has 1 aliphatic rings. The van der Waals surface area contributed by atoms with Crippen molar-refractivity contribution in [3.8, 4) is 0 Å². The van der Waals surface area contributed by atoms with Crippen molar-refractivity contribution in [1.82, 2.24) is 4.90 Å². The first-order chi connectivity index (χ1) is 6.15. The summed E-state index contributed by atoms with van der Waals surface area (Å²) in [6.45, 7) is 1.23. The summed E-state index contributed by atoms with van der Waals surface area (Å²) >= 11 is 0. The van der Waals surface area contributed by atoms with E-state index >= 15 is 0 Å². The number of oxime groups is 1. The molecule has 0 radical (unpaired) electrons. The average Bonchev–Trinajstić information content (AvgIpc) is 2.17. The fourth-order valence-electron chi connectivity index (χ4n) is 1.46. The van der Waals surface area contributed by atoms with Crippen LogP contribution in [-0.4, -0.2) is 35.1 Å². The zero-order chi connectivity index (χ0) is 9.84. The third-order valence-electron chi connectivity index (χ3n) is 2.32. The molecule has 1 amide bonds. The first-order valence-corrected chi connectivity index (χ1v) is 4.17. The van der Waals surface area contributed by atoms with E-state index in [1.807, 2.05) is 0 Å². The lowest BCUT2D eigenvalue weighted by atomic mass is 9.96. The number of amides is 1. The van der Waals surface area contributed by atoms with Crippen LogP contribution in [0.4, 0.5) is 0 Å². The van der Waals surface area contributed by atoms with Gasteiger partial charge in [-0.15, -0.1) is 0 Å². The van der Waals surface area contributed by atoms with Gasteiger partial charge >= 0.3 is 0 Å². The summed E-state index contributed by atoms with van der Waals surface area (Å²) in [6, 6.07) is 0. The van der Waals surface area contributed by atoms with E-state index in [4.69, 9.17) is 16.7 Å². The summed E-state index contributed by atoms with van der Waals surface area (Å²) in [7, 11) is 0. The lowest BCUT2D eigenvalue weighted by Crippen LogP contribution is -2.45. The maximum absolute atomic E-state index is 10.8. The molecule has 0 saturated carbocycles. The largest absolute Gasteiger partial charge is 0.408 e. The highest BCUT2D eigenvalue weighted by molar-refractivity contribution is 5.79. The fourth-order valence-corrected chi connectivity index (χ4v) is 1.46. The van der Waals surface area contributed by atoms with Crippen molar-refractivity contribution in [2.75, 3.05) is 13.1 Å². The third kappa shape index (κ3) is 2.24. The van der Waals surface area contributed by atoms with Crippen molar-refractivity contribution in [2.45, 2.75) is 12.8 Å². The van der Waals surface area contributed by atoms with Gasteiger partial charge in [-0.1, -0.05) is 5.16 Å². The van der Waals surface area contributed by atoms with Crippen LogP contribution >= 0.6 is 0 Å². The van der Waals surface area contributed by atoms with E-state index in [1.165, 1.54) is 0 Å². The second kappa shape index (κ2) is 3.97. The molecule has 1 rings (SSSR count). The van der Waals surface area contributed by atoms with E-state index in [0.717, 1.165) is 0 Å². The van der Waals surface area contributed by atoms with Gasteiger partial charge in [-0.2, -0.15) is 0 Å². The van der Waals surface area contributed by atoms with Crippen LogP contribution < -0.4 is 11.5 Å². The Labute approximate surface area is 76.2 Å². The summed E-state index contributed by atoms with van der Waals surface area (Å²) in [5.74, 6) is -0.232. The van der Waals surface area contributed by atoms with E-state index in [1.54, 1.807) is 4.90 Å². The zero-order valence-electron chi connectivity index (χ0n) is 7.31. The van der Waals surface area contributed by atoms with Gasteiger partial charge in [-0.05, 0) is 12.8 Å². The predicted octanol–water partition coefficient (Wildman–Crippen LogP) is -1.11. The number of nitrogens with two attached hydrogens (primary N) is 2. The molecule has 1 fully saturated rings. The quantitative estimate of drug-likeness (QED) is 0.209. The zero-order valence-corrected chi connectivity index (χ0v) is 7.31. The molecule has 1 saturated heterocycles. The smallest absolute Gasteiger partial charge is 0.233 e. The normalized spacial score (nSPS) is 20.3. The minimum absolute atomic E-state index is 0.0669. The molecule has 0 aromatic heterocycles. The Hall–Kier alpha value is -1.46. The lowest BCUT2D eigenvalue weighted by Gasteiger charge is -2.30.